The minimum Gasteiger partial charge on any atom is -0.486 e. The van der Waals surface area contributed by atoms with E-state index in [0.29, 0.717) is 17.0 Å². The van der Waals surface area contributed by atoms with Gasteiger partial charge in [-0.3, -0.25) is 9.59 Å². The van der Waals surface area contributed by atoms with Crippen molar-refractivity contribution < 1.29 is 19.1 Å². The maximum atomic E-state index is 12.4. The van der Waals surface area contributed by atoms with Crippen molar-refractivity contribution in [2.24, 2.45) is 5.73 Å². The Morgan fingerprint density at radius 1 is 1.04 bits per heavy atom. The molecule has 3 rings (SSSR count). The first-order valence-corrected chi connectivity index (χ1v) is 7.02. The predicted molar refractivity (Wildman–Crippen MR) is 83.2 cm³/mol. The molecule has 0 radical (unpaired) electrons. The molecule has 2 aromatic carbocycles. The Morgan fingerprint density at radius 3 is 2.39 bits per heavy atom. The molecular formula is C17H14N2O4. The van der Waals surface area contributed by atoms with Crippen molar-refractivity contribution in [3.05, 3.63) is 60.2 Å². The highest BCUT2D eigenvalue weighted by Gasteiger charge is 2.43. The number of primary amides is 1. The second-order valence-corrected chi connectivity index (χ2v) is 5.07. The number of carbonyl (C=O) groups is 3. The molecule has 1 unspecified atom stereocenters. The summed E-state index contributed by atoms with van der Waals surface area (Å²) in [5.41, 5.74) is 6.07. The van der Waals surface area contributed by atoms with Gasteiger partial charge >= 0.3 is 6.03 Å². The van der Waals surface area contributed by atoms with E-state index in [-0.39, 0.29) is 6.61 Å². The van der Waals surface area contributed by atoms with Crippen LogP contribution < -0.4 is 15.4 Å². The van der Waals surface area contributed by atoms with Gasteiger partial charge in [-0.1, -0.05) is 36.4 Å². The predicted octanol–water partition coefficient (Wildman–Crippen LogP) is 1.84. The zero-order valence-electron chi connectivity index (χ0n) is 12.1. The molecule has 1 aliphatic rings. The van der Waals surface area contributed by atoms with E-state index in [4.69, 9.17) is 10.5 Å². The number of Topliss-reactive ketones (excluding diaryl/α,β-unsaturated/α-hetero) is 1. The molecule has 0 spiro atoms. The van der Waals surface area contributed by atoms with Crippen molar-refractivity contribution in [3.8, 4) is 5.75 Å². The number of anilines is 1. The maximum Gasteiger partial charge on any atom is 0.326 e. The average Bonchev–Trinajstić information content (AvgIpc) is 2.85. The first-order valence-electron chi connectivity index (χ1n) is 7.02. The first kappa shape index (κ1) is 14.8. The van der Waals surface area contributed by atoms with Crippen LogP contribution in [0.4, 0.5) is 10.5 Å². The molecule has 0 saturated heterocycles. The van der Waals surface area contributed by atoms with Gasteiger partial charge in [0, 0.05) is 0 Å². The van der Waals surface area contributed by atoms with Crippen molar-refractivity contribution in [2.75, 3.05) is 11.5 Å². The molecule has 1 aliphatic heterocycles. The van der Waals surface area contributed by atoms with E-state index in [0.717, 1.165) is 4.90 Å². The van der Waals surface area contributed by atoms with Crippen LogP contribution in [0.25, 0.3) is 0 Å². The van der Waals surface area contributed by atoms with E-state index in [9.17, 15) is 14.4 Å². The molecule has 1 heterocycles. The Kier molecular flexibility index (Phi) is 3.80. The van der Waals surface area contributed by atoms with E-state index in [2.05, 4.69) is 0 Å². The number of fused-ring (bicyclic) bond motifs is 1. The minimum atomic E-state index is -1.07. The van der Waals surface area contributed by atoms with Gasteiger partial charge in [0.15, 0.2) is 5.78 Å². The highest BCUT2D eigenvalue weighted by molar-refractivity contribution is 6.27. The van der Waals surface area contributed by atoms with E-state index in [1.807, 2.05) is 6.07 Å². The van der Waals surface area contributed by atoms with Crippen molar-refractivity contribution in [3.63, 3.8) is 0 Å². The number of nitrogens with zero attached hydrogens (tertiary/aromatic N) is 1. The van der Waals surface area contributed by atoms with E-state index < -0.39 is 23.6 Å². The number of urea groups is 1. The number of hydrogen-bond donors (Lipinski definition) is 1. The normalized spacial score (nSPS) is 16.1. The number of amides is 3. The molecule has 2 aromatic rings. The molecule has 0 bridgehead atoms. The number of nitrogens with two attached hydrogens (primary N) is 1. The molecule has 116 valence electrons. The highest BCUT2D eigenvalue weighted by Crippen LogP contribution is 2.37. The van der Waals surface area contributed by atoms with Gasteiger partial charge in [-0.05, 0) is 23.8 Å². The zero-order chi connectivity index (χ0) is 16.4. The van der Waals surface area contributed by atoms with Crippen LogP contribution in [0.2, 0.25) is 0 Å². The number of imide groups is 1. The number of hydrogen-bond acceptors (Lipinski definition) is 4. The quantitative estimate of drug-likeness (QED) is 0.873. The number of para-hydroxylation sites is 2. The molecule has 6 heteroatoms. The monoisotopic (exact) mass is 310 g/mol. The van der Waals surface area contributed by atoms with Crippen LogP contribution in [0.5, 0.6) is 5.75 Å². The lowest BCUT2D eigenvalue weighted by molar-refractivity contribution is -0.129. The third-order valence-electron chi connectivity index (χ3n) is 3.62. The van der Waals surface area contributed by atoms with Crippen LogP contribution in [-0.4, -0.2) is 24.3 Å². The molecular weight excluding hydrogens is 296 g/mol. The topological polar surface area (TPSA) is 89.7 Å². The second kappa shape index (κ2) is 5.92. The van der Waals surface area contributed by atoms with Crippen LogP contribution in [0, 0.1) is 0 Å². The lowest BCUT2D eigenvalue weighted by Crippen LogP contribution is -2.41. The Morgan fingerprint density at radius 2 is 1.70 bits per heavy atom. The van der Waals surface area contributed by atoms with Gasteiger partial charge in [-0.25, -0.2) is 9.69 Å². The summed E-state index contributed by atoms with van der Waals surface area (Å²) >= 11 is 0. The van der Waals surface area contributed by atoms with Crippen LogP contribution in [-0.2, 0) is 9.59 Å². The molecule has 0 saturated carbocycles. The Balaban J connectivity index is 1.83. The average molecular weight is 310 g/mol. The van der Waals surface area contributed by atoms with Gasteiger partial charge < -0.3 is 10.5 Å². The highest BCUT2D eigenvalue weighted by atomic mass is 16.5. The summed E-state index contributed by atoms with van der Waals surface area (Å²) in [6.07, 6.45) is 0. The van der Waals surface area contributed by atoms with Crippen LogP contribution in [0.1, 0.15) is 11.5 Å². The van der Waals surface area contributed by atoms with Gasteiger partial charge in [-0.15, -0.1) is 0 Å². The minimum absolute atomic E-state index is 0.263. The summed E-state index contributed by atoms with van der Waals surface area (Å²) in [6, 6.07) is 14.5. The molecule has 0 fully saturated rings. The Hall–Kier alpha value is -3.15. The zero-order valence-corrected chi connectivity index (χ0v) is 12.1. The van der Waals surface area contributed by atoms with Gasteiger partial charge in [-0.2, -0.15) is 0 Å². The molecule has 2 N–H and O–H groups in total. The fraction of sp³-hybridized carbons (Fsp3) is 0.118. The summed E-state index contributed by atoms with van der Waals surface area (Å²) < 4.78 is 5.40. The maximum absolute atomic E-state index is 12.4. The summed E-state index contributed by atoms with van der Waals surface area (Å²) in [6.45, 7) is -0.263. The molecule has 0 aromatic heterocycles. The van der Waals surface area contributed by atoms with Crippen LogP contribution in [0.3, 0.4) is 0 Å². The largest absolute Gasteiger partial charge is 0.486 e. The Bertz CT molecular complexity index is 773. The van der Waals surface area contributed by atoms with Crippen molar-refractivity contribution in [1.29, 1.82) is 0 Å². The fourth-order valence-electron chi connectivity index (χ4n) is 2.61. The molecule has 1 atom stereocenters. The molecule has 23 heavy (non-hydrogen) atoms. The van der Waals surface area contributed by atoms with Crippen LogP contribution >= 0.6 is 0 Å². The second-order valence-electron chi connectivity index (χ2n) is 5.07. The SMILES string of the molecule is NC(=O)N1C(=O)C(C(=O)COc2ccccc2)c2ccccc21. The summed E-state index contributed by atoms with van der Waals surface area (Å²) in [5, 5.41) is 0. The lowest BCUT2D eigenvalue weighted by Gasteiger charge is -2.12. The molecule has 6 nitrogen and oxygen atoms in total. The van der Waals surface area contributed by atoms with Crippen molar-refractivity contribution in [1.82, 2.24) is 0 Å². The first-order chi connectivity index (χ1) is 11.1. The molecule has 0 aliphatic carbocycles. The Labute approximate surface area is 132 Å². The number of benzene rings is 2. The summed E-state index contributed by atoms with van der Waals surface area (Å²) in [7, 11) is 0. The standard InChI is InChI=1S/C17H14N2O4/c18-17(22)19-13-9-5-4-8-12(13)15(16(19)21)14(20)10-23-11-6-2-1-3-7-11/h1-9,15H,10H2,(H2,18,22). The smallest absolute Gasteiger partial charge is 0.326 e. The van der Waals surface area contributed by atoms with Crippen molar-refractivity contribution >= 4 is 23.4 Å². The molecule has 3 amide bonds. The van der Waals surface area contributed by atoms with E-state index in [1.165, 1.54) is 0 Å². The van der Waals surface area contributed by atoms with Crippen LogP contribution in [0.15, 0.2) is 54.6 Å². The van der Waals surface area contributed by atoms with Gasteiger partial charge in [0.25, 0.3) is 5.91 Å². The third-order valence-corrected chi connectivity index (χ3v) is 3.62. The fourth-order valence-corrected chi connectivity index (χ4v) is 2.61. The van der Waals surface area contributed by atoms with Gasteiger partial charge in [0.1, 0.15) is 18.3 Å². The van der Waals surface area contributed by atoms with E-state index in [1.54, 1.807) is 48.5 Å². The lowest BCUT2D eigenvalue weighted by atomic mass is 9.96. The summed E-state index contributed by atoms with van der Waals surface area (Å²) in [4.78, 5) is 37.2. The van der Waals surface area contributed by atoms with Gasteiger partial charge in [0.05, 0.1) is 5.69 Å². The van der Waals surface area contributed by atoms with Gasteiger partial charge in [0.2, 0.25) is 0 Å². The van der Waals surface area contributed by atoms with E-state index >= 15 is 0 Å². The number of ketones is 1. The number of ether oxygens (including phenoxy) is 1. The summed E-state index contributed by atoms with van der Waals surface area (Å²) in [5.74, 6) is -1.59. The number of rotatable bonds is 4. The third kappa shape index (κ3) is 2.66. The van der Waals surface area contributed by atoms with Crippen molar-refractivity contribution in [2.45, 2.75) is 5.92 Å². The number of carbonyl (C=O) groups excluding carboxylic acids is 3.